The first kappa shape index (κ1) is 17.5. The van der Waals surface area contributed by atoms with Gasteiger partial charge in [-0.05, 0) is 32.9 Å². The number of rotatable bonds is 0. The van der Waals surface area contributed by atoms with Gasteiger partial charge in [-0.15, -0.1) is 0 Å². The summed E-state index contributed by atoms with van der Waals surface area (Å²) in [6, 6.07) is 3.94. The van der Waals surface area contributed by atoms with Crippen molar-refractivity contribution in [2.45, 2.75) is 38.9 Å². The lowest BCUT2D eigenvalue weighted by atomic mass is 10.1. The predicted octanol–water partition coefficient (Wildman–Crippen LogP) is -0.234. The topological polar surface area (TPSA) is 116 Å². The molecule has 1 aromatic rings. The van der Waals surface area contributed by atoms with E-state index in [-0.39, 0.29) is 5.56 Å². The second-order valence-electron chi connectivity index (χ2n) is 5.69. The summed E-state index contributed by atoms with van der Waals surface area (Å²) >= 11 is 0. The van der Waals surface area contributed by atoms with Crippen LogP contribution in [0.15, 0.2) is 24.3 Å². The van der Waals surface area contributed by atoms with Crippen LogP contribution in [-0.2, 0) is 14.4 Å². The van der Waals surface area contributed by atoms with E-state index >= 15 is 0 Å². The van der Waals surface area contributed by atoms with E-state index < -0.39 is 41.8 Å². The molecule has 0 radical (unpaired) electrons. The Balaban J connectivity index is 2.38. The van der Waals surface area contributed by atoms with Gasteiger partial charge in [-0.3, -0.25) is 19.2 Å². The summed E-state index contributed by atoms with van der Waals surface area (Å²) in [5.41, 5.74) is 0.539. The minimum Gasteiger partial charge on any atom is -0.343 e. The SMILES string of the molecule is C[C@@H]1NC(=O)c2ccccc2NC(=O)[C@H](C)NC(=O)[C@H](C)NC1=O. The molecule has 2 rings (SSSR count). The summed E-state index contributed by atoms with van der Waals surface area (Å²) in [7, 11) is 0. The number of para-hydroxylation sites is 1. The highest BCUT2D eigenvalue weighted by molar-refractivity contribution is 6.07. The van der Waals surface area contributed by atoms with Crippen LogP contribution in [0.5, 0.6) is 0 Å². The molecule has 24 heavy (non-hydrogen) atoms. The number of benzene rings is 1. The summed E-state index contributed by atoms with van der Waals surface area (Å²) in [5, 5.41) is 10.2. The number of fused-ring (bicyclic) bond motifs is 1. The maximum Gasteiger partial charge on any atom is 0.254 e. The zero-order chi connectivity index (χ0) is 17.9. The molecule has 0 fully saturated rings. The van der Waals surface area contributed by atoms with Crippen molar-refractivity contribution in [3.8, 4) is 0 Å². The zero-order valence-electron chi connectivity index (χ0n) is 13.7. The van der Waals surface area contributed by atoms with E-state index in [2.05, 4.69) is 21.3 Å². The number of amides is 4. The second-order valence-corrected chi connectivity index (χ2v) is 5.69. The molecule has 1 aromatic carbocycles. The lowest BCUT2D eigenvalue weighted by molar-refractivity contribution is -0.130. The van der Waals surface area contributed by atoms with Crippen LogP contribution >= 0.6 is 0 Å². The Labute approximate surface area is 139 Å². The van der Waals surface area contributed by atoms with Gasteiger partial charge in [-0.2, -0.15) is 0 Å². The molecule has 0 saturated carbocycles. The van der Waals surface area contributed by atoms with Gasteiger partial charge in [0.15, 0.2) is 0 Å². The van der Waals surface area contributed by atoms with Gasteiger partial charge in [0.25, 0.3) is 5.91 Å². The largest absolute Gasteiger partial charge is 0.343 e. The van der Waals surface area contributed by atoms with Gasteiger partial charge in [0.1, 0.15) is 18.1 Å². The van der Waals surface area contributed by atoms with Gasteiger partial charge < -0.3 is 21.3 Å². The molecule has 128 valence electrons. The van der Waals surface area contributed by atoms with Crippen LogP contribution in [0.1, 0.15) is 31.1 Å². The van der Waals surface area contributed by atoms with E-state index in [1.165, 1.54) is 20.8 Å². The van der Waals surface area contributed by atoms with Crippen LogP contribution in [0.4, 0.5) is 5.69 Å². The number of carbonyl (C=O) groups is 4. The van der Waals surface area contributed by atoms with Crippen molar-refractivity contribution in [2.75, 3.05) is 5.32 Å². The molecule has 1 aliphatic heterocycles. The third-order valence-electron chi connectivity index (χ3n) is 3.67. The Kier molecular flexibility index (Phi) is 5.18. The molecule has 0 spiro atoms. The Morgan fingerprint density at radius 3 is 1.83 bits per heavy atom. The van der Waals surface area contributed by atoms with E-state index in [0.717, 1.165) is 0 Å². The van der Waals surface area contributed by atoms with Crippen molar-refractivity contribution < 1.29 is 19.2 Å². The molecule has 1 aliphatic rings. The van der Waals surface area contributed by atoms with E-state index in [4.69, 9.17) is 0 Å². The molecule has 0 aliphatic carbocycles. The van der Waals surface area contributed by atoms with E-state index in [1.807, 2.05) is 0 Å². The van der Waals surface area contributed by atoms with Gasteiger partial charge >= 0.3 is 0 Å². The van der Waals surface area contributed by atoms with Crippen molar-refractivity contribution in [1.82, 2.24) is 16.0 Å². The normalized spacial score (nSPS) is 25.7. The predicted molar refractivity (Wildman–Crippen MR) is 87.2 cm³/mol. The number of nitrogens with one attached hydrogen (secondary N) is 4. The molecule has 8 nitrogen and oxygen atoms in total. The van der Waals surface area contributed by atoms with Crippen molar-refractivity contribution in [3.63, 3.8) is 0 Å². The van der Waals surface area contributed by atoms with Crippen molar-refractivity contribution >= 4 is 29.3 Å². The third kappa shape index (κ3) is 3.89. The molecule has 4 amide bonds. The van der Waals surface area contributed by atoms with E-state index in [0.29, 0.717) is 5.69 Å². The molecule has 0 saturated heterocycles. The average molecular weight is 332 g/mol. The van der Waals surface area contributed by atoms with E-state index in [1.54, 1.807) is 24.3 Å². The smallest absolute Gasteiger partial charge is 0.254 e. The lowest BCUT2D eigenvalue weighted by Gasteiger charge is -2.19. The van der Waals surface area contributed by atoms with Gasteiger partial charge in [0.2, 0.25) is 17.7 Å². The minimum absolute atomic E-state index is 0.233. The molecular weight excluding hydrogens is 312 g/mol. The number of hydrogen-bond donors (Lipinski definition) is 4. The highest BCUT2D eigenvalue weighted by Gasteiger charge is 2.26. The van der Waals surface area contributed by atoms with Crippen LogP contribution in [0.3, 0.4) is 0 Å². The monoisotopic (exact) mass is 332 g/mol. The first-order chi connectivity index (χ1) is 11.3. The van der Waals surface area contributed by atoms with Crippen molar-refractivity contribution in [3.05, 3.63) is 29.8 Å². The fourth-order valence-corrected chi connectivity index (χ4v) is 2.18. The van der Waals surface area contributed by atoms with Crippen LogP contribution < -0.4 is 21.3 Å². The van der Waals surface area contributed by atoms with Crippen LogP contribution in [0, 0.1) is 0 Å². The van der Waals surface area contributed by atoms with Gasteiger partial charge in [0, 0.05) is 0 Å². The molecule has 4 N–H and O–H groups in total. The highest BCUT2D eigenvalue weighted by atomic mass is 16.2. The average Bonchev–Trinajstić information content (AvgIpc) is 2.54. The summed E-state index contributed by atoms with van der Waals surface area (Å²) in [5.74, 6) is -1.94. The number of carbonyl (C=O) groups excluding carboxylic acids is 4. The molecular formula is C16H20N4O4. The van der Waals surface area contributed by atoms with Gasteiger partial charge in [-0.25, -0.2) is 0 Å². The molecule has 8 heteroatoms. The Bertz CT molecular complexity index is 688. The lowest BCUT2D eigenvalue weighted by Crippen LogP contribution is -2.53. The molecule has 0 aromatic heterocycles. The molecule has 1 heterocycles. The molecule has 3 atom stereocenters. The highest BCUT2D eigenvalue weighted by Crippen LogP contribution is 2.15. The third-order valence-corrected chi connectivity index (χ3v) is 3.67. The zero-order valence-corrected chi connectivity index (χ0v) is 13.7. The minimum atomic E-state index is -0.838. The standard InChI is InChI=1S/C16H20N4O4/c1-8-13(21)18-10(3)15(23)20-12-7-5-4-6-11(12)16(24)19-9(2)14(22)17-8/h4-10H,1-3H3,(H,17,22)(H,18,21)(H,19,24)(H,20,23)/t8-,9-,10-/m0/s1. The van der Waals surface area contributed by atoms with Crippen LogP contribution in [-0.4, -0.2) is 41.8 Å². The maximum absolute atomic E-state index is 12.4. The molecule has 0 unspecified atom stereocenters. The second kappa shape index (κ2) is 7.12. The Hall–Kier alpha value is -2.90. The fraction of sp³-hybridized carbons (Fsp3) is 0.375. The van der Waals surface area contributed by atoms with E-state index in [9.17, 15) is 19.2 Å². The van der Waals surface area contributed by atoms with Gasteiger partial charge in [0.05, 0.1) is 11.3 Å². The van der Waals surface area contributed by atoms with Gasteiger partial charge in [-0.1, -0.05) is 12.1 Å². The quantitative estimate of drug-likeness (QED) is 0.525. The summed E-state index contributed by atoms with van der Waals surface area (Å²) in [6.45, 7) is 4.54. The fourth-order valence-electron chi connectivity index (χ4n) is 2.18. The van der Waals surface area contributed by atoms with Crippen LogP contribution in [0.25, 0.3) is 0 Å². The Morgan fingerprint density at radius 1 is 0.708 bits per heavy atom. The number of anilines is 1. The number of hydrogen-bond acceptors (Lipinski definition) is 4. The summed E-state index contributed by atoms with van der Waals surface area (Å²) in [6.07, 6.45) is 0. The van der Waals surface area contributed by atoms with Crippen molar-refractivity contribution in [1.29, 1.82) is 0 Å². The first-order valence-electron chi connectivity index (χ1n) is 7.61. The molecule has 0 bridgehead atoms. The van der Waals surface area contributed by atoms with Crippen LogP contribution in [0.2, 0.25) is 0 Å². The first-order valence-corrected chi connectivity index (χ1v) is 7.61. The Morgan fingerprint density at radius 2 is 1.21 bits per heavy atom. The maximum atomic E-state index is 12.4. The summed E-state index contributed by atoms with van der Waals surface area (Å²) in [4.78, 5) is 48.7. The summed E-state index contributed by atoms with van der Waals surface area (Å²) < 4.78 is 0. The van der Waals surface area contributed by atoms with Crippen molar-refractivity contribution in [2.24, 2.45) is 0 Å².